The summed E-state index contributed by atoms with van der Waals surface area (Å²) in [4.78, 5) is 13.1. The second-order valence-corrected chi connectivity index (χ2v) is 5.49. The lowest BCUT2D eigenvalue weighted by Crippen LogP contribution is -2.34. The van der Waals surface area contributed by atoms with Crippen molar-refractivity contribution >= 4 is 33.1 Å². The van der Waals surface area contributed by atoms with Gasteiger partial charge in [0, 0.05) is 11.4 Å². The zero-order valence-electron chi connectivity index (χ0n) is 11.0. The lowest BCUT2D eigenvalue weighted by molar-refractivity contribution is 0.0927. The van der Waals surface area contributed by atoms with Gasteiger partial charge in [0.2, 0.25) is 0 Å². The van der Waals surface area contributed by atoms with Crippen molar-refractivity contribution in [1.29, 1.82) is 0 Å². The smallest absolute Gasteiger partial charge is 0.263 e. The molecule has 0 aliphatic carbocycles. The van der Waals surface area contributed by atoms with Gasteiger partial charge < -0.3 is 16.2 Å². The number of amides is 1. The van der Waals surface area contributed by atoms with Crippen molar-refractivity contribution in [2.45, 2.75) is 26.8 Å². The van der Waals surface area contributed by atoms with Crippen LogP contribution in [0.5, 0.6) is 0 Å². The van der Waals surface area contributed by atoms with Crippen LogP contribution in [-0.2, 0) is 0 Å². The van der Waals surface area contributed by atoms with Crippen molar-refractivity contribution in [3.63, 3.8) is 0 Å². The number of aliphatic hydroxyl groups excluding tert-OH is 1. The molecule has 0 aromatic carbocycles. The van der Waals surface area contributed by atoms with Crippen LogP contribution in [0.3, 0.4) is 0 Å². The van der Waals surface area contributed by atoms with Gasteiger partial charge in [0.05, 0.1) is 18.0 Å². The van der Waals surface area contributed by atoms with Crippen LogP contribution in [0.25, 0.3) is 10.2 Å². The second kappa shape index (κ2) is 5.10. The van der Waals surface area contributed by atoms with E-state index in [4.69, 9.17) is 10.8 Å². The number of nitrogens with two attached hydrogens (primary N) is 1. The first kappa shape index (κ1) is 13.7. The molecule has 0 fully saturated rings. The van der Waals surface area contributed by atoms with Crippen LogP contribution < -0.4 is 11.1 Å². The summed E-state index contributed by atoms with van der Waals surface area (Å²) >= 11 is 1.22. The fraction of sp³-hybridized carbons (Fsp3) is 0.417. The minimum Gasteiger partial charge on any atom is -0.397 e. The number of aromatic nitrogens is 2. The van der Waals surface area contributed by atoms with Gasteiger partial charge in [-0.05, 0) is 26.3 Å². The summed E-state index contributed by atoms with van der Waals surface area (Å²) in [7, 11) is 0. The van der Waals surface area contributed by atoms with E-state index in [0.717, 1.165) is 16.6 Å². The third-order valence-corrected chi connectivity index (χ3v) is 4.08. The highest BCUT2D eigenvalue weighted by Crippen LogP contribution is 2.34. The monoisotopic (exact) mass is 280 g/mol. The van der Waals surface area contributed by atoms with Crippen LogP contribution in [-0.4, -0.2) is 33.9 Å². The molecule has 7 heteroatoms. The first-order chi connectivity index (χ1) is 8.95. The summed E-state index contributed by atoms with van der Waals surface area (Å²) in [5, 5.41) is 20.5. The van der Waals surface area contributed by atoms with Crippen molar-refractivity contribution in [2.75, 3.05) is 12.3 Å². The molecule has 0 saturated carbocycles. The molecule has 1 amide bonds. The Labute approximate surface area is 114 Å². The third kappa shape index (κ3) is 2.39. The minimum absolute atomic E-state index is 0.117. The van der Waals surface area contributed by atoms with E-state index >= 15 is 0 Å². The number of hydrogen-bond donors (Lipinski definition) is 3. The Morgan fingerprint density at radius 2 is 2.16 bits per heavy atom. The van der Waals surface area contributed by atoms with E-state index in [-0.39, 0.29) is 18.6 Å². The van der Waals surface area contributed by atoms with Crippen molar-refractivity contribution in [3.05, 3.63) is 16.1 Å². The minimum atomic E-state index is -0.314. The van der Waals surface area contributed by atoms with Crippen LogP contribution in [0.2, 0.25) is 0 Å². The molecule has 2 aromatic rings. The molecule has 2 heterocycles. The van der Waals surface area contributed by atoms with Gasteiger partial charge in [-0.1, -0.05) is 0 Å². The first-order valence-electron chi connectivity index (χ1n) is 5.89. The highest BCUT2D eigenvalue weighted by molar-refractivity contribution is 7.21. The summed E-state index contributed by atoms with van der Waals surface area (Å²) in [5.41, 5.74) is 8.21. The molecular weight excluding hydrogens is 264 g/mol. The number of fused-ring (bicyclic) bond motifs is 1. The molecule has 1 atom stereocenters. The maximum absolute atomic E-state index is 12.1. The van der Waals surface area contributed by atoms with Crippen molar-refractivity contribution in [2.24, 2.45) is 0 Å². The molecule has 19 heavy (non-hydrogen) atoms. The Morgan fingerprint density at radius 3 is 2.79 bits per heavy atom. The Kier molecular flexibility index (Phi) is 3.68. The van der Waals surface area contributed by atoms with Crippen molar-refractivity contribution in [1.82, 2.24) is 15.5 Å². The standard InChI is InChI=1S/C12H16N4O2S/c1-5(4-17)14-11(18)10-9(13)8-6(2)7(3)15-16-12(8)19-10/h5,17H,4,13H2,1-3H3,(H,14,18). The zero-order valence-corrected chi connectivity index (χ0v) is 11.8. The van der Waals surface area contributed by atoms with E-state index in [0.29, 0.717) is 15.4 Å². The molecule has 6 nitrogen and oxygen atoms in total. The van der Waals surface area contributed by atoms with Crippen LogP contribution in [0.1, 0.15) is 27.9 Å². The molecule has 0 bridgehead atoms. The molecule has 0 spiro atoms. The molecule has 0 radical (unpaired) electrons. The van der Waals surface area contributed by atoms with E-state index in [1.54, 1.807) is 6.92 Å². The number of thiophene rings is 1. The lowest BCUT2D eigenvalue weighted by atomic mass is 10.1. The number of aliphatic hydroxyl groups is 1. The number of nitrogens with one attached hydrogen (secondary N) is 1. The van der Waals surface area contributed by atoms with Crippen LogP contribution in [0, 0.1) is 13.8 Å². The quantitative estimate of drug-likeness (QED) is 0.778. The van der Waals surface area contributed by atoms with Gasteiger partial charge in [0.15, 0.2) is 0 Å². The summed E-state index contributed by atoms with van der Waals surface area (Å²) in [6.45, 7) is 5.37. The van der Waals surface area contributed by atoms with Gasteiger partial charge in [-0.3, -0.25) is 4.79 Å². The average molecular weight is 280 g/mol. The molecule has 0 saturated heterocycles. The highest BCUT2D eigenvalue weighted by Gasteiger charge is 2.20. The number of hydrogen-bond acceptors (Lipinski definition) is 6. The molecule has 2 aromatic heterocycles. The summed E-state index contributed by atoms with van der Waals surface area (Å²) in [6, 6.07) is -0.314. The third-order valence-electron chi connectivity index (χ3n) is 2.99. The maximum Gasteiger partial charge on any atom is 0.263 e. The predicted octanol–water partition coefficient (Wildman–Crippen LogP) is 1.00. The Morgan fingerprint density at radius 1 is 1.47 bits per heavy atom. The number of nitrogens with zero attached hydrogens (tertiary/aromatic N) is 2. The topological polar surface area (TPSA) is 101 Å². The summed E-state index contributed by atoms with van der Waals surface area (Å²) < 4.78 is 0. The fourth-order valence-electron chi connectivity index (χ4n) is 1.74. The van der Waals surface area contributed by atoms with Gasteiger partial charge in [-0.2, -0.15) is 5.10 Å². The van der Waals surface area contributed by atoms with Gasteiger partial charge in [-0.15, -0.1) is 16.4 Å². The molecule has 2 rings (SSSR count). The molecule has 0 aliphatic heterocycles. The second-order valence-electron chi connectivity index (χ2n) is 4.49. The lowest BCUT2D eigenvalue weighted by Gasteiger charge is -2.09. The first-order valence-corrected chi connectivity index (χ1v) is 6.71. The molecule has 102 valence electrons. The largest absolute Gasteiger partial charge is 0.397 e. The average Bonchev–Trinajstić information content (AvgIpc) is 2.72. The highest BCUT2D eigenvalue weighted by atomic mass is 32.1. The molecular formula is C12H16N4O2S. The van der Waals surface area contributed by atoms with E-state index < -0.39 is 0 Å². The summed E-state index contributed by atoms with van der Waals surface area (Å²) in [5.74, 6) is -0.292. The Bertz CT molecular complexity index is 638. The van der Waals surface area contributed by atoms with Crippen LogP contribution in [0.15, 0.2) is 0 Å². The molecule has 4 N–H and O–H groups in total. The van der Waals surface area contributed by atoms with Crippen LogP contribution in [0.4, 0.5) is 5.69 Å². The number of carbonyl (C=O) groups is 1. The Balaban J connectivity index is 2.48. The fourth-order valence-corrected chi connectivity index (χ4v) is 2.75. The maximum atomic E-state index is 12.1. The normalized spacial score (nSPS) is 12.6. The van der Waals surface area contributed by atoms with E-state index in [1.807, 2.05) is 13.8 Å². The van der Waals surface area contributed by atoms with Crippen LogP contribution >= 0.6 is 11.3 Å². The molecule has 0 aliphatic rings. The predicted molar refractivity (Wildman–Crippen MR) is 75.3 cm³/mol. The van der Waals surface area contributed by atoms with E-state index in [2.05, 4.69) is 15.5 Å². The zero-order chi connectivity index (χ0) is 14.2. The number of carbonyl (C=O) groups excluding carboxylic acids is 1. The van der Waals surface area contributed by atoms with Crippen molar-refractivity contribution in [3.8, 4) is 0 Å². The van der Waals surface area contributed by atoms with Gasteiger partial charge in [0.25, 0.3) is 5.91 Å². The summed E-state index contributed by atoms with van der Waals surface area (Å²) in [6.07, 6.45) is 0. The van der Waals surface area contributed by atoms with E-state index in [9.17, 15) is 4.79 Å². The number of nitrogen functional groups attached to an aromatic ring is 1. The molecule has 1 unspecified atom stereocenters. The van der Waals surface area contributed by atoms with Gasteiger partial charge >= 0.3 is 0 Å². The Hall–Kier alpha value is -1.73. The van der Waals surface area contributed by atoms with Gasteiger partial charge in [0.1, 0.15) is 9.71 Å². The number of rotatable bonds is 3. The van der Waals surface area contributed by atoms with Crippen molar-refractivity contribution < 1.29 is 9.90 Å². The van der Waals surface area contributed by atoms with Gasteiger partial charge in [-0.25, -0.2) is 0 Å². The number of aryl methyl sites for hydroxylation is 2. The van der Waals surface area contributed by atoms with E-state index in [1.165, 1.54) is 11.3 Å². The number of anilines is 1. The SMILES string of the molecule is Cc1nnc2sc(C(=O)NC(C)CO)c(N)c2c1C.